The van der Waals surface area contributed by atoms with Gasteiger partial charge >= 0.3 is 0 Å². The van der Waals surface area contributed by atoms with E-state index in [4.69, 9.17) is 4.74 Å². The molecule has 0 aromatic heterocycles. The molecular formula is C22H28N2O2. The fourth-order valence-corrected chi connectivity index (χ4v) is 4.44. The summed E-state index contributed by atoms with van der Waals surface area (Å²) in [6.45, 7) is 4.23. The standard InChI is InChI=1S/C22H28N2O2/c1-26-21-10-9-18(22(25)13-21)14-24-15-19-8-5-11-23(19)16-20(24)12-17-6-3-2-4-7-17/h2-4,6-7,9-10,13,19-20,25H,5,8,11-12,14-16H2,1H3/t19-,20+/m0/s1. The van der Waals surface area contributed by atoms with Crippen molar-refractivity contribution in [3.63, 3.8) is 0 Å². The highest BCUT2D eigenvalue weighted by molar-refractivity contribution is 5.39. The Morgan fingerprint density at radius 1 is 1.12 bits per heavy atom. The van der Waals surface area contributed by atoms with Gasteiger partial charge in [-0.3, -0.25) is 9.80 Å². The van der Waals surface area contributed by atoms with E-state index in [9.17, 15) is 5.11 Å². The van der Waals surface area contributed by atoms with Gasteiger partial charge in [0.25, 0.3) is 0 Å². The van der Waals surface area contributed by atoms with Gasteiger partial charge < -0.3 is 9.84 Å². The van der Waals surface area contributed by atoms with E-state index in [-0.39, 0.29) is 0 Å². The van der Waals surface area contributed by atoms with E-state index >= 15 is 0 Å². The summed E-state index contributed by atoms with van der Waals surface area (Å²) in [6, 6.07) is 17.6. The topological polar surface area (TPSA) is 35.9 Å². The minimum absolute atomic E-state index is 0.330. The number of aromatic hydroxyl groups is 1. The average molecular weight is 352 g/mol. The summed E-state index contributed by atoms with van der Waals surface area (Å²) < 4.78 is 5.22. The number of hydrogen-bond acceptors (Lipinski definition) is 4. The normalized spacial score (nSPS) is 23.7. The van der Waals surface area contributed by atoms with Gasteiger partial charge in [0.05, 0.1) is 7.11 Å². The summed E-state index contributed by atoms with van der Waals surface area (Å²) in [5.41, 5.74) is 2.37. The highest BCUT2D eigenvalue weighted by Gasteiger charge is 2.36. The summed E-state index contributed by atoms with van der Waals surface area (Å²) >= 11 is 0. The minimum Gasteiger partial charge on any atom is -0.507 e. The Morgan fingerprint density at radius 3 is 2.73 bits per heavy atom. The molecule has 2 fully saturated rings. The number of ether oxygens (including phenoxy) is 1. The van der Waals surface area contributed by atoms with Gasteiger partial charge in [-0.2, -0.15) is 0 Å². The number of fused-ring (bicyclic) bond motifs is 1. The van der Waals surface area contributed by atoms with Crippen LogP contribution in [0.15, 0.2) is 48.5 Å². The zero-order chi connectivity index (χ0) is 17.9. The Kier molecular flexibility index (Phi) is 5.14. The van der Waals surface area contributed by atoms with Gasteiger partial charge in [0.2, 0.25) is 0 Å². The van der Waals surface area contributed by atoms with Crippen LogP contribution in [0.5, 0.6) is 11.5 Å². The van der Waals surface area contributed by atoms with Crippen LogP contribution in [0.2, 0.25) is 0 Å². The summed E-state index contributed by atoms with van der Waals surface area (Å²) in [4.78, 5) is 5.24. The molecule has 2 aromatic carbocycles. The van der Waals surface area contributed by atoms with E-state index < -0.39 is 0 Å². The molecule has 0 saturated carbocycles. The number of nitrogens with zero attached hydrogens (tertiary/aromatic N) is 2. The second kappa shape index (κ2) is 7.68. The van der Waals surface area contributed by atoms with Crippen LogP contribution in [-0.2, 0) is 13.0 Å². The lowest BCUT2D eigenvalue weighted by molar-refractivity contribution is 0.0451. The first-order valence-corrected chi connectivity index (χ1v) is 9.61. The quantitative estimate of drug-likeness (QED) is 0.896. The number of benzene rings is 2. The lowest BCUT2D eigenvalue weighted by atomic mass is 9.99. The molecule has 4 rings (SSSR count). The maximum absolute atomic E-state index is 10.4. The molecule has 26 heavy (non-hydrogen) atoms. The van der Waals surface area contributed by atoms with Crippen molar-refractivity contribution in [2.75, 3.05) is 26.7 Å². The van der Waals surface area contributed by atoms with Gasteiger partial charge in [-0.1, -0.05) is 36.4 Å². The summed E-state index contributed by atoms with van der Waals surface area (Å²) in [6.07, 6.45) is 3.66. The van der Waals surface area contributed by atoms with Crippen LogP contribution in [0.25, 0.3) is 0 Å². The van der Waals surface area contributed by atoms with Gasteiger partial charge in [0.15, 0.2) is 0 Å². The molecule has 0 spiro atoms. The minimum atomic E-state index is 0.330. The number of phenolic OH excluding ortho intramolecular Hbond substituents is 1. The maximum Gasteiger partial charge on any atom is 0.123 e. The van der Waals surface area contributed by atoms with E-state index in [1.165, 1.54) is 24.9 Å². The third-order valence-electron chi connectivity index (χ3n) is 5.89. The first-order chi connectivity index (χ1) is 12.7. The summed E-state index contributed by atoms with van der Waals surface area (Å²) in [5, 5.41) is 10.4. The monoisotopic (exact) mass is 352 g/mol. The molecule has 138 valence electrons. The Hall–Kier alpha value is -2.04. The van der Waals surface area contributed by atoms with Gasteiger partial charge in [0.1, 0.15) is 11.5 Å². The van der Waals surface area contributed by atoms with E-state index in [2.05, 4.69) is 40.1 Å². The smallest absolute Gasteiger partial charge is 0.123 e. The van der Waals surface area contributed by atoms with Crippen molar-refractivity contribution in [3.05, 3.63) is 59.7 Å². The number of methoxy groups -OCH3 is 1. The van der Waals surface area contributed by atoms with Crippen molar-refractivity contribution < 1.29 is 9.84 Å². The number of piperazine rings is 1. The molecule has 4 heteroatoms. The third kappa shape index (κ3) is 3.71. The van der Waals surface area contributed by atoms with Gasteiger partial charge in [-0.15, -0.1) is 0 Å². The highest BCUT2D eigenvalue weighted by atomic mass is 16.5. The van der Waals surface area contributed by atoms with E-state index in [1.54, 1.807) is 13.2 Å². The molecular weight excluding hydrogens is 324 g/mol. The lowest BCUT2D eigenvalue weighted by Crippen LogP contribution is -2.56. The third-order valence-corrected chi connectivity index (χ3v) is 5.89. The predicted molar refractivity (Wildman–Crippen MR) is 104 cm³/mol. The van der Waals surface area contributed by atoms with E-state index in [0.717, 1.165) is 31.6 Å². The van der Waals surface area contributed by atoms with Crippen LogP contribution in [0, 0.1) is 0 Å². The number of rotatable bonds is 5. The Morgan fingerprint density at radius 2 is 1.96 bits per heavy atom. The second-order valence-corrected chi connectivity index (χ2v) is 7.56. The zero-order valence-corrected chi connectivity index (χ0v) is 15.5. The Labute approximate surface area is 156 Å². The molecule has 2 heterocycles. The van der Waals surface area contributed by atoms with Crippen LogP contribution >= 0.6 is 0 Å². The molecule has 0 bridgehead atoms. The Bertz CT molecular complexity index is 734. The van der Waals surface area contributed by atoms with Crippen LogP contribution in [0.3, 0.4) is 0 Å². The molecule has 0 amide bonds. The predicted octanol–water partition coefficient (Wildman–Crippen LogP) is 3.29. The SMILES string of the molecule is COc1ccc(CN2C[C@@H]3CCCN3C[C@H]2Cc2ccccc2)c(O)c1. The van der Waals surface area contributed by atoms with Crippen LogP contribution in [0.1, 0.15) is 24.0 Å². The number of hydrogen-bond donors (Lipinski definition) is 1. The molecule has 4 nitrogen and oxygen atoms in total. The van der Waals surface area contributed by atoms with E-state index in [0.29, 0.717) is 23.6 Å². The molecule has 0 unspecified atom stereocenters. The van der Waals surface area contributed by atoms with Crippen molar-refractivity contribution in [2.24, 2.45) is 0 Å². The molecule has 2 aliphatic rings. The van der Waals surface area contributed by atoms with Gasteiger partial charge in [-0.05, 0) is 37.4 Å². The van der Waals surface area contributed by atoms with Crippen molar-refractivity contribution in [1.82, 2.24) is 9.80 Å². The molecule has 0 radical (unpaired) electrons. The van der Waals surface area contributed by atoms with Crippen molar-refractivity contribution in [1.29, 1.82) is 0 Å². The fourth-order valence-electron chi connectivity index (χ4n) is 4.44. The lowest BCUT2D eigenvalue weighted by Gasteiger charge is -2.44. The van der Waals surface area contributed by atoms with Crippen LogP contribution in [-0.4, -0.2) is 53.7 Å². The molecule has 2 saturated heterocycles. The van der Waals surface area contributed by atoms with Gasteiger partial charge in [-0.25, -0.2) is 0 Å². The molecule has 2 atom stereocenters. The van der Waals surface area contributed by atoms with E-state index in [1.807, 2.05) is 12.1 Å². The van der Waals surface area contributed by atoms with Gasteiger partial charge in [0, 0.05) is 43.3 Å². The van der Waals surface area contributed by atoms with Crippen molar-refractivity contribution >= 4 is 0 Å². The molecule has 2 aliphatic heterocycles. The highest BCUT2D eigenvalue weighted by Crippen LogP contribution is 2.30. The fraction of sp³-hybridized carbons (Fsp3) is 0.455. The second-order valence-electron chi connectivity index (χ2n) is 7.56. The molecule has 0 aliphatic carbocycles. The maximum atomic E-state index is 10.4. The zero-order valence-electron chi connectivity index (χ0n) is 15.5. The summed E-state index contributed by atoms with van der Waals surface area (Å²) in [7, 11) is 1.63. The summed E-state index contributed by atoms with van der Waals surface area (Å²) in [5.74, 6) is 1.03. The van der Waals surface area contributed by atoms with Crippen LogP contribution < -0.4 is 4.74 Å². The largest absolute Gasteiger partial charge is 0.507 e. The molecule has 1 N–H and O–H groups in total. The average Bonchev–Trinajstić information content (AvgIpc) is 3.11. The Balaban J connectivity index is 1.54. The van der Waals surface area contributed by atoms with Crippen molar-refractivity contribution in [2.45, 2.75) is 37.9 Å². The number of phenols is 1. The first-order valence-electron chi connectivity index (χ1n) is 9.61. The van der Waals surface area contributed by atoms with Crippen molar-refractivity contribution in [3.8, 4) is 11.5 Å². The van der Waals surface area contributed by atoms with Crippen LogP contribution in [0.4, 0.5) is 0 Å². The molecule has 2 aromatic rings. The first kappa shape index (κ1) is 17.4.